The average molecular weight is 223 g/mol. The van der Waals surface area contributed by atoms with Crippen LogP contribution in [0.3, 0.4) is 0 Å². The van der Waals surface area contributed by atoms with Crippen LogP contribution in [0.25, 0.3) is 0 Å². The van der Waals surface area contributed by atoms with E-state index in [1.54, 1.807) is 0 Å². The minimum atomic E-state index is 0.0888. The van der Waals surface area contributed by atoms with E-state index < -0.39 is 0 Å². The summed E-state index contributed by atoms with van der Waals surface area (Å²) in [7, 11) is 0. The molecule has 2 rings (SSSR count). The smallest absolute Gasteiger partial charge is 0.193 e. The van der Waals surface area contributed by atoms with Crippen LogP contribution in [0, 0.1) is 6.42 Å². The molecule has 0 saturated carbocycles. The van der Waals surface area contributed by atoms with Gasteiger partial charge < -0.3 is 0 Å². The van der Waals surface area contributed by atoms with Gasteiger partial charge in [0.15, 0.2) is 5.78 Å². The Kier molecular flexibility index (Phi) is 3.71. The van der Waals surface area contributed by atoms with Gasteiger partial charge in [0.2, 0.25) is 0 Å². The summed E-state index contributed by atoms with van der Waals surface area (Å²) in [6.07, 6.45) is 3.01. The predicted octanol–water partition coefficient (Wildman–Crippen LogP) is 3.88. The average Bonchev–Trinajstić information content (AvgIpc) is 2.40. The molecule has 0 amide bonds. The fourth-order valence-electron chi connectivity index (χ4n) is 1.85. The Hall–Kier alpha value is -1.89. The van der Waals surface area contributed by atoms with Crippen LogP contribution in [0.2, 0.25) is 0 Å². The summed E-state index contributed by atoms with van der Waals surface area (Å²) in [5.74, 6) is 0.0888. The fraction of sp³-hybridized carbons (Fsp3) is 0.125. The molecule has 2 aromatic carbocycles. The molecule has 2 aromatic rings. The van der Waals surface area contributed by atoms with Crippen molar-refractivity contribution in [2.45, 2.75) is 13.3 Å². The van der Waals surface area contributed by atoms with Gasteiger partial charge in [0.25, 0.3) is 0 Å². The van der Waals surface area contributed by atoms with E-state index in [0.717, 1.165) is 23.1 Å². The van der Waals surface area contributed by atoms with Gasteiger partial charge in [-0.3, -0.25) is 4.79 Å². The minimum Gasteiger partial charge on any atom is -0.289 e. The molecular weight excluding hydrogens is 208 g/mol. The fourth-order valence-corrected chi connectivity index (χ4v) is 1.85. The second-order valence-electron chi connectivity index (χ2n) is 3.89. The van der Waals surface area contributed by atoms with Crippen molar-refractivity contribution < 1.29 is 4.79 Å². The molecule has 0 atom stereocenters. The van der Waals surface area contributed by atoms with Crippen LogP contribution in [0.5, 0.6) is 0 Å². The van der Waals surface area contributed by atoms with Gasteiger partial charge in [0, 0.05) is 11.1 Å². The summed E-state index contributed by atoms with van der Waals surface area (Å²) in [4.78, 5) is 12.3. The normalized spacial score (nSPS) is 10.2. The first-order valence-corrected chi connectivity index (χ1v) is 5.85. The standard InChI is InChI=1S/C16H15O/c1-2-8-13-9-6-7-12-15(13)16(17)14-10-4-3-5-11-14/h3-12H,2H2,1H3. The van der Waals surface area contributed by atoms with Crippen molar-refractivity contribution in [3.63, 3.8) is 0 Å². The molecular formula is C16H15O. The maximum atomic E-state index is 12.3. The minimum absolute atomic E-state index is 0.0888. The number of carbonyl (C=O) groups excluding carboxylic acids is 1. The number of rotatable bonds is 4. The van der Waals surface area contributed by atoms with Crippen LogP contribution < -0.4 is 0 Å². The number of ketones is 1. The van der Waals surface area contributed by atoms with E-state index in [1.807, 2.05) is 54.6 Å². The van der Waals surface area contributed by atoms with Crippen LogP contribution >= 0.6 is 0 Å². The molecule has 0 aliphatic rings. The van der Waals surface area contributed by atoms with Crippen molar-refractivity contribution in [2.75, 3.05) is 0 Å². The highest BCUT2D eigenvalue weighted by Crippen LogP contribution is 2.17. The Balaban J connectivity index is 2.37. The Labute approximate surface area is 102 Å². The molecule has 0 aliphatic carbocycles. The zero-order chi connectivity index (χ0) is 12.1. The summed E-state index contributed by atoms with van der Waals surface area (Å²) in [5, 5.41) is 0. The molecule has 1 heteroatoms. The molecule has 85 valence electrons. The first kappa shape index (κ1) is 11.6. The number of benzene rings is 2. The molecule has 0 spiro atoms. The molecule has 0 unspecified atom stereocenters. The summed E-state index contributed by atoms with van der Waals surface area (Å²) in [5.41, 5.74) is 2.54. The van der Waals surface area contributed by atoms with Crippen molar-refractivity contribution >= 4 is 5.78 Å². The molecule has 0 bridgehead atoms. The van der Waals surface area contributed by atoms with E-state index in [9.17, 15) is 4.79 Å². The largest absolute Gasteiger partial charge is 0.289 e. The number of hydrogen-bond donors (Lipinski definition) is 0. The SMILES string of the molecule is CC[CH]c1ccccc1C(=O)c1ccccc1. The highest BCUT2D eigenvalue weighted by Gasteiger charge is 2.11. The van der Waals surface area contributed by atoms with Gasteiger partial charge in [-0.1, -0.05) is 61.5 Å². The van der Waals surface area contributed by atoms with Gasteiger partial charge in [-0.15, -0.1) is 0 Å². The topological polar surface area (TPSA) is 17.1 Å². The maximum Gasteiger partial charge on any atom is 0.193 e. The summed E-state index contributed by atoms with van der Waals surface area (Å²) >= 11 is 0. The molecule has 0 saturated heterocycles. The van der Waals surface area contributed by atoms with Gasteiger partial charge in [-0.05, 0) is 18.4 Å². The number of hydrogen-bond acceptors (Lipinski definition) is 1. The van der Waals surface area contributed by atoms with Gasteiger partial charge in [0.1, 0.15) is 0 Å². The van der Waals surface area contributed by atoms with Gasteiger partial charge in [-0.2, -0.15) is 0 Å². The third-order valence-corrected chi connectivity index (χ3v) is 2.67. The quantitative estimate of drug-likeness (QED) is 0.719. The van der Waals surface area contributed by atoms with E-state index in [0.29, 0.717) is 0 Å². The third kappa shape index (κ3) is 2.62. The Morgan fingerprint density at radius 2 is 1.65 bits per heavy atom. The van der Waals surface area contributed by atoms with E-state index in [2.05, 4.69) is 13.3 Å². The highest BCUT2D eigenvalue weighted by molar-refractivity contribution is 6.10. The van der Waals surface area contributed by atoms with Crippen LogP contribution in [-0.2, 0) is 0 Å². The maximum absolute atomic E-state index is 12.3. The summed E-state index contributed by atoms with van der Waals surface area (Å²) < 4.78 is 0. The zero-order valence-electron chi connectivity index (χ0n) is 9.89. The van der Waals surface area contributed by atoms with Crippen LogP contribution in [-0.4, -0.2) is 5.78 Å². The molecule has 0 aromatic heterocycles. The van der Waals surface area contributed by atoms with E-state index in [-0.39, 0.29) is 5.78 Å². The van der Waals surface area contributed by atoms with Crippen molar-refractivity contribution in [2.24, 2.45) is 0 Å². The zero-order valence-corrected chi connectivity index (χ0v) is 9.89. The second kappa shape index (κ2) is 5.44. The van der Waals surface area contributed by atoms with Crippen LogP contribution in [0.4, 0.5) is 0 Å². The molecule has 1 nitrogen and oxygen atoms in total. The van der Waals surface area contributed by atoms with Crippen molar-refractivity contribution in [1.29, 1.82) is 0 Å². The molecule has 0 N–H and O–H groups in total. The first-order chi connectivity index (χ1) is 8.33. The molecule has 0 aliphatic heterocycles. The molecule has 0 heterocycles. The first-order valence-electron chi connectivity index (χ1n) is 5.85. The lowest BCUT2D eigenvalue weighted by Gasteiger charge is -2.07. The summed E-state index contributed by atoms with van der Waals surface area (Å²) in [6.45, 7) is 2.07. The van der Waals surface area contributed by atoms with E-state index in [1.165, 1.54) is 0 Å². The van der Waals surface area contributed by atoms with Gasteiger partial charge in [-0.25, -0.2) is 0 Å². The lowest BCUT2D eigenvalue weighted by atomic mass is 9.96. The Morgan fingerprint density at radius 1 is 1.00 bits per heavy atom. The monoisotopic (exact) mass is 223 g/mol. The highest BCUT2D eigenvalue weighted by atomic mass is 16.1. The van der Waals surface area contributed by atoms with Crippen molar-refractivity contribution in [1.82, 2.24) is 0 Å². The Morgan fingerprint density at radius 3 is 2.35 bits per heavy atom. The Bertz CT molecular complexity index is 500. The predicted molar refractivity (Wildman–Crippen MR) is 70.0 cm³/mol. The number of carbonyl (C=O) groups is 1. The lowest BCUT2D eigenvalue weighted by molar-refractivity contribution is 0.103. The molecule has 17 heavy (non-hydrogen) atoms. The van der Waals surface area contributed by atoms with E-state index in [4.69, 9.17) is 0 Å². The lowest BCUT2D eigenvalue weighted by Crippen LogP contribution is -2.04. The van der Waals surface area contributed by atoms with E-state index >= 15 is 0 Å². The van der Waals surface area contributed by atoms with Crippen molar-refractivity contribution in [3.8, 4) is 0 Å². The van der Waals surface area contributed by atoms with Gasteiger partial charge in [0.05, 0.1) is 0 Å². The summed E-state index contributed by atoms with van der Waals surface area (Å²) in [6, 6.07) is 17.1. The molecule has 0 fully saturated rings. The third-order valence-electron chi connectivity index (χ3n) is 2.67. The van der Waals surface area contributed by atoms with Crippen LogP contribution in [0.1, 0.15) is 34.8 Å². The van der Waals surface area contributed by atoms with Crippen LogP contribution in [0.15, 0.2) is 54.6 Å². The second-order valence-corrected chi connectivity index (χ2v) is 3.89. The van der Waals surface area contributed by atoms with Crippen molar-refractivity contribution in [3.05, 3.63) is 77.7 Å². The van der Waals surface area contributed by atoms with Gasteiger partial charge >= 0.3 is 0 Å². The molecule has 1 radical (unpaired) electrons.